The first-order valence-corrected chi connectivity index (χ1v) is 9.71. The topological polar surface area (TPSA) is 107 Å². The van der Waals surface area contributed by atoms with Crippen molar-refractivity contribution in [1.82, 2.24) is 10.3 Å². The van der Waals surface area contributed by atoms with E-state index in [1.54, 1.807) is 41.5 Å². The molecule has 30 heavy (non-hydrogen) atoms. The zero-order valence-corrected chi connectivity index (χ0v) is 18.5. The van der Waals surface area contributed by atoms with E-state index >= 15 is 0 Å². The van der Waals surface area contributed by atoms with Gasteiger partial charge in [0.1, 0.15) is 22.9 Å². The SMILES string of the molecule is COC(=O)c1[nH]c2ccccc2c1C[C@@H](NC(=O)OC(C)(C)C)C(=O)OC(C)(C)C. The van der Waals surface area contributed by atoms with Gasteiger partial charge in [0.2, 0.25) is 0 Å². The van der Waals surface area contributed by atoms with E-state index in [0.29, 0.717) is 11.1 Å². The molecule has 164 valence electrons. The quantitative estimate of drug-likeness (QED) is 0.566. The van der Waals surface area contributed by atoms with Crippen molar-refractivity contribution < 1.29 is 28.6 Å². The molecule has 8 nitrogen and oxygen atoms in total. The van der Waals surface area contributed by atoms with Gasteiger partial charge in [-0.2, -0.15) is 0 Å². The number of carbonyl (C=O) groups is 3. The number of rotatable bonds is 5. The highest BCUT2D eigenvalue weighted by Gasteiger charge is 2.31. The number of hydrogen-bond acceptors (Lipinski definition) is 6. The van der Waals surface area contributed by atoms with Crippen LogP contribution in [0.1, 0.15) is 57.6 Å². The van der Waals surface area contributed by atoms with Gasteiger partial charge in [0.05, 0.1) is 7.11 Å². The molecule has 0 spiro atoms. The maximum Gasteiger partial charge on any atom is 0.408 e. The summed E-state index contributed by atoms with van der Waals surface area (Å²) in [6.07, 6.45) is -0.736. The van der Waals surface area contributed by atoms with E-state index in [2.05, 4.69) is 10.3 Å². The minimum atomic E-state index is -1.07. The first kappa shape index (κ1) is 23.3. The molecule has 0 aliphatic rings. The van der Waals surface area contributed by atoms with Gasteiger partial charge < -0.3 is 24.5 Å². The van der Waals surface area contributed by atoms with E-state index in [0.717, 1.165) is 5.39 Å². The van der Waals surface area contributed by atoms with Gasteiger partial charge in [-0.3, -0.25) is 0 Å². The number of ether oxygens (including phenoxy) is 3. The number of H-pyrrole nitrogens is 1. The van der Waals surface area contributed by atoms with Gasteiger partial charge in [0.15, 0.2) is 0 Å². The first-order chi connectivity index (χ1) is 13.8. The van der Waals surface area contributed by atoms with E-state index in [1.807, 2.05) is 24.3 Å². The lowest BCUT2D eigenvalue weighted by atomic mass is 10.0. The van der Waals surface area contributed by atoms with Crippen LogP contribution in [-0.4, -0.2) is 47.4 Å². The van der Waals surface area contributed by atoms with Crippen molar-refractivity contribution in [3.05, 3.63) is 35.5 Å². The van der Waals surface area contributed by atoms with Crippen LogP contribution in [0.4, 0.5) is 4.79 Å². The van der Waals surface area contributed by atoms with Gasteiger partial charge in [-0.15, -0.1) is 0 Å². The van der Waals surface area contributed by atoms with E-state index < -0.39 is 35.3 Å². The molecule has 0 saturated carbocycles. The Kier molecular flexibility index (Phi) is 6.80. The standard InChI is InChI=1S/C22H30N2O6/c1-21(2,3)29-18(25)16(24-20(27)30-22(4,5)6)12-14-13-10-8-9-11-15(13)23-17(14)19(26)28-7/h8-11,16,23H,12H2,1-7H3,(H,24,27)/t16-/m1/s1. The third kappa shape index (κ3) is 6.23. The molecule has 0 bridgehead atoms. The van der Waals surface area contributed by atoms with Gasteiger partial charge in [-0.1, -0.05) is 18.2 Å². The van der Waals surface area contributed by atoms with Crippen molar-refractivity contribution in [3.63, 3.8) is 0 Å². The molecule has 0 saturated heterocycles. The second-order valence-electron chi connectivity index (χ2n) is 8.95. The average molecular weight is 418 g/mol. The number of aromatic amines is 1. The molecule has 1 aromatic heterocycles. The summed E-state index contributed by atoms with van der Waals surface area (Å²) >= 11 is 0. The van der Waals surface area contributed by atoms with Gasteiger partial charge in [-0.25, -0.2) is 14.4 Å². The summed E-state index contributed by atoms with van der Waals surface area (Å²) in [5.41, 5.74) is -0.00707. The summed E-state index contributed by atoms with van der Waals surface area (Å²) in [4.78, 5) is 40.6. The summed E-state index contributed by atoms with van der Waals surface area (Å²) in [5, 5.41) is 3.33. The molecule has 1 aromatic carbocycles. The number of aromatic nitrogens is 1. The molecular weight excluding hydrogens is 388 g/mol. The molecule has 8 heteroatoms. The minimum Gasteiger partial charge on any atom is -0.464 e. The van der Waals surface area contributed by atoms with Crippen molar-refractivity contribution in [2.75, 3.05) is 7.11 Å². The van der Waals surface area contributed by atoms with Crippen LogP contribution in [0.2, 0.25) is 0 Å². The average Bonchev–Trinajstić information content (AvgIpc) is 2.96. The second-order valence-corrected chi connectivity index (χ2v) is 8.95. The number of methoxy groups -OCH3 is 1. The van der Waals surface area contributed by atoms with Crippen molar-refractivity contribution in [3.8, 4) is 0 Å². The van der Waals surface area contributed by atoms with Crippen LogP contribution >= 0.6 is 0 Å². The Morgan fingerprint density at radius 1 is 1.00 bits per heavy atom. The van der Waals surface area contributed by atoms with Crippen LogP contribution < -0.4 is 5.32 Å². The predicted octanol–water partition coefficient (Wildman–Crippen LogP) is 3.73. The van der Waals surface area contributed by atoms with Crippen LogP contribution in [0, 0.1) is 0 Å². The van der Waals surface area contributed by atoms with Crippen LogP contribution in [-0.2, 0) is 25.4 Å². The first-order valence-electron chi connectivity index (χ1n) is 9.71. The lowest BCUT2D eigenvalue weighted by Crippen LogP contribution is -2.47. The van der Waals surface area contributed by atoms with Gasteiger partial charge in [0, 0.05) is 17.3 Å². The smallest absolute Gasteiger partial charge is 0.408 e. The molecule has 0 aliphatic heterocycles. The van der Waals surface area contributed by atoms with Crippen LogP contribution in [0.25, 0.3) is 10.9 Å². The largest absolute Gasteiger partial charge is 0.464 e. The molecule has 0 radical (unpaired) electrons. The van der Waals surface area contributed by atoms with E-state index in [9.17, 15) is 14.4 Å². The Hall–Kier alpha value is -3.03. The van der Waals surface area contributed by atoms with Crippen LogP contribution in [0.5, 0.6) is 0 Å². The van der Waals surface area contributed by atoms with Crippen LogP contribution in [0.15, 0.2) is 24.3 Å². The van der Waals surface area contributed by atoms with Crippen molar-refractivity contribution in [2.45, 2.75) is 65.2 Å². The Bertz CT molecular complexity index is 933. The number of hydrogen-bond donors (Lipinski definition) is 2. The fraction of sp³-hybridized carbons (Fsp3) is 0.500. The number of carbonyl (C=O) groups excluding carboxylic acids is 3. The van der Waals surface area contributed by atoms with Gasteiger partial charge in [0.25, 0.3) is 0 Å². The Morgan fingerprint density at radius 2 is 1.60 bits per heavy atom. The monoisotopic (exact) mass is 418 g/mol. The number of alkyl carbamates (subject to hydrolysis) is 1. The van der Waals surface area contributed by atoms with Crippen molar-refractivity contribution >= 4 is 28.9 Å². The third-order valence-corrected chi connectivity index (χ3v) is 3.99. The maximum atomic E-state index is 12.9. The molecular formula is C22H30N2O6. The lowest BCUT2D eigenvalue weighted by molar-refractivity contribution is -0.157. The molecule has 2 aromatic rings. The summed E-state index contributed by atoms with van der Waals surface area (Å²) in [6, 6.07) is 6.22. The zero-order valence-electron chi connectivity index (χ0n) is 18.5. The third-order valence-electron chi connectivity index (χ3n) is 3.99. The number of fused-ring (bicyclic) bond motifs is 1. The fourth-order valence-corrected chi connectivity index (χ4v) is 2.91. The highest BCUT2D eigenvalue weighted by Crippen LogP contribution is 2.25. The van der Waals surface area contributed by atoms with Gasteiger partial charge >= 0.3 is 18.0 Å². The molecule has 1 heterocycles. The number of benzene rings is 1. The molecule has 2 N–H and O–H groups in total. The van der Waals surface area contributed by atoms with Gasteiger partial charge in [-0.05, 0) is 53.2 Å². The maximum absolute atomic E-state index is 12.9. The Balaban J connectivity index is 2.43. The number of para-hydroxylation sites is 1. The van der Waals surface area contributed by atoms with Crippen molar-refractivity contribution in [1.29, 1.82) is 0 Å². The zero-order chi connectivity index (χ0) is 22.7. The summed E-state index contributed by atoms with van der Waals surface area (Å²) in [7, 11) is 1.28. The summed E-state index contributed by atoms with van der Waals surface area (Å²) < 4.78 is 15.7. The number of amides is 1. The molecule has 0 unspecified atom stereocenters. The molecule has 2 rings (SSSR count). The van der Waals surface area contributed by atoms with E-state index in [1.165, 1.54) is 7.11 Å². The summed E-state index contributed by atoms with van der Waals surface area (Å²) in [6.45, 7) is 10.4. The van der Waals surface area contributed by atoms with E-state index in [-0.39, 0.29) is 12.1 Å². The molecule has 1 atom stereocenters. The Labute approximate surface area is 176 Å². The van der Waals surface area contributed by atoms with E-state index in [4.69, 9.17) is 14.2 Å². The normalized spacial score (nSPS) is 12.9. The minimum absolute atomic E-state index is 0.0165. The Morgan fingerprint density at radius 3 is 2.17 bits per heavy atom. The number of esters is 2. The molecule has 0 aliphatic carbocycles. The molecule has 1 amide bonds. The summed E-state index contributed by atoms with van der Waals surface area (Å²) in [5.74, 6) is -1.20. The number of nitrogens with one attached hydrogen (secondary N) is 2. The highest BCUT2D eigenvalue weighted by molar-refractivity contribution is 5.98. The second kappa shape index (κ2) is 8.77. The van der Waals surface area contributed by atoms with Crippen LogP contribution in [0.3, 0.4) is 0 Å². The lowest BCUT2D eigenvalue weighted by Gasteiger charge is -2.26. The fourth-order valence-electron chi connectivity index (χ4n) is 2.91. The highest BCUT2D eigenvalue weighted by atomic mass is 16.6. The predicted molar refractivity (Wildman–Crippen MR) is 112 cm³/mol. The molecule has 0 fully saturated rings. The van der Waals surface area contributed by atoms with Crippen molar-refractivity contribution in [2.24, 2.45) is 0 Å².